The lowest BCUT2D eigenvalue weighted by Crippen LogP contribution is -2.18. The summed E-state index contributed by atoms with van der Waals surface area (Å²) < 4.78 is 5.69. The van der Waals surface area contributed by atoms with E-state index in [1.165, 1.54) is 4.88 Å². The SMILES string of the molecule is Nc1[nH+]c2c(s1)Cc1c(OC(=O)C3CCCC3)cccc1-2. The number of anilines is 1. The number of benzene rings is 1. The number of carbonyl (C=O) groups is 1. The molecule has 0 unspecified atom stereocenters. The van der Waals surface area contributed by atoms with Crippen molar-refractivity contribution in [3.63, 3.8) is 0 Å². The highest BCUT2D eigenvalue weighted by molar-refractivity contribution is 7.15. The Kier molecular flexibility index (Phi) is 2.96. The van der Waals surface area contributed by atoms with Gasteiger partial charge in [0.05, 0.1) is 10.8 Å². The van der Waals surface area contributed by atoms with Gasteiger partial charge in [-0.3, -0.25) is 10.5 Å². The fourth-order valence-electron chi connectivity index (χ4n) is 3.34. The van der Waals surface area contributed by atoms with Crippen LogP contribution in [0.15, 0.2) is 18.2 Å². The van der Waals surface area contributed by atoms with Crippen LogP contribution in [0.4, 0.5) is 5.13 Å². The van der Waals surface area contributed by atoms with Crippen LogP contribution >= 0.6 is 11.3 Å². The highest BCUT2D eigenvalue weighted by Gasteiger charge is 2.30. The Balaban J connectivity index is 1.64. The lowest BCUT2D eigenvalue weighted by atomic mass is 10.1. The molecular weight excluding hydrogens is 284 g/mol. The van der Waals surface area contributed by atoms with Gasteiger partial charge in [0.2, 0.25) is 0 Å². The number of ether oxygens (including phenoxy) is 1. The topological polar surface area (TPSA) is 66.5 Å². The number of aromatic amines is 1. The summed E-state index contributed by atoms with van der Waals surface area (Å²) in [5.74, 6) is 0.720. The number of nitrogens with one attached hydrogen (secondary N) is 1. The summed E-state index contributed by atoms with van der Waals surface area (Å²) in [5, 5.41) is 0.721. The first kappa shape index (κ1) is 12.8. The summed E-state index contributed by atoms with van der Waals surface area (Å²) in [6.45, 7) is 0. The zero-order valence-electron chi connectivity index (χ0n) is 11.6. The minimum atomic E-state index is -0.0698. The molecule has 2 aliphatic carbocycles. The quantitative estimate of drug-likeness (QED) is 0.584. The van der Waals surface area contributed by atoms with Crippen molar-refractivity contribution in [1.82, 2.24) is 0 Å². The van der Waals surface area contributed by atoms with Gasteiger partial charge < -0.3 is 4.74 Å². The molecule has 0 radical (unpaired) electrons. The Labute approximate surface area is 127 Å². The third-order valence-corrected chi connectivity index (χ3v) is 5.32. The zero-order valence-corrected chi connectivity index (χ0v) is 12.5. The molecule has 0 spiro atoms. The molecule has 1 heterocycles. The average molecular weight is 301 g/mol. The number of fused-ring (bicyclic) bond motifs is 3. The molecule has 2 aromatic rings. The van der Waals surface area contributed by atoms with Gasteiger partial charge in [-0.1, -0.05) is 36.3 Å². The van der Waals surface area contributed by atoms with Gasteiger partial charge in [0, 0.05) is 17.5 Å². The van der Waals surface area contributed by atoms with Gasteiger partial charge in [-0.25, -0.2) is 4.98 Å². The van der Waals surface area contributed by atoms with Gasteiger partial charge in [0.15, 0.2) is 0 Å². The molecule has 5 heteroatoms. The molecule has 2 aliphatic rings. The van der Waals surface area contributed by atoms with Crippen LogP contribution in [0.25, 0.3) is 11.3 Å². The van der Waals surface area contributed by atoms with E-state index in [1.807, 2.05) is 12.1 Å². The number of nitrogens with two attached hydrogens (primary N) is 1. The molecule has 1 fully saturated rings. The maximum Gasteiger partial charge on any atom is 0.330 e. The Morgan fingerprint density at radius 3 is 2.95 bits per heavy atom. The lowest BCUT2D eigenvalue weighted by Gasteiger charge is -2.12. The van der Waals surface area contributed by atoms with Gasteiger partial charge in [-0.05, 0) is 18.9 Å². The highest BCUT2D eigenvalue weighted by atomic mass is 32.1. The molecule has 0 atom stereocenters. The number of hydrogen-bond acceptors (Lipinski definition) is 4. The van der Waals surface area contributed by atoms with Crippen LogP contribution in [-0.4, -0.2) is 5.97 Å². The largest absolute Gasteiger partial charge is 0.426 e. The second kappa shape index (κ2) is 4.84. The summed E-state index contributed by atoms with van der Waals surface area (Å²) in [7, 11) is 0. The molecule has 0 saturated heterocycles. The average Bonchev–Trinajstić information content (AvgIpc) is 3.14. The van der Waals surface area contributed by atoms with E-state index in [2.05, 4.69) is 11.1 Å². The molecule has 0 aliphatic heterocycles. The number of rotatable bonds is 2. The van der Waals surface area contributed by atoms with Crippen molar-refractivity contribution >= 4 is 22.4 Å². The number of aromatic nitrogens is 1. The third kappa shape index (κ3) is 2.12. The van der Waals surface area contributed by atoms with Gasteiger partial charge in [0.1, 0.15) is 11.4 Å². The van der Waals surface area contributed by atoms with Crippen molar-refractivity contribution in [2.75, 3.05) is 5.73 Å². The third-order valence-electron chi connectivity index (χ3n) is 4.40. The molecule has 108 valence electrons. The van der Waals surface area contributed by atoms with Gasteiger partial charge in [-0.15, -0.1) is 0 Å². The molecule has 4 nitrogen and oxygen atoms in total. The van der Waals surface area contributed by atoms with E-state index in [1.54, 1.807) is 11.3 Å². The van der Waals surface area contributed by atoms with E-state index in [4.69, 9.17) is 10.5 Å². The van der Waals surface area contributed by atoms with Gasteiger partial charge in [-0.2, -0.15) is 0 Å². The van der Waals surface area contributed by atoms with Crippen LogP contribution in [0, 0.1) is 5.92 Å². The standard InChI is InChI=1S/C16H16N2O2S/c17-16-18-14-10-6-3-7-12(11(10)8-13(14)21-16)20-15(19)9-4-1-2-5-9/h3,6-7,9H,1-2,4-5,8H2,(H2,17,18)/p+1. The molecule has 0 amide bonds. The first-order valence-electron chi connectivity index (χ1n) is 7.37. The number of H-pyrrole nitrogens is 1. The maximum atomic E-state index is 12.2. The molecule has 4 rings (SSSR count). The predicted octanol–water partition coefficient (Wildman–Crippen LogP) is 2.81. The summed E-state index contributed by atoms with van der Waals surface area (Å²) in [6.07, 6.45) is 4.99. The Morgan fingerprint density at radius 2 is 2.14 bits per heavy atom. The van der Waals surface area contributed by atoms with E-state index in [0.29, 0.717) is 5.75 Å². The monoisotopic (exact) mass is 301 g/mol. The predicted molar refractivity (Wildman–Crippen MR) is 81.1 cm³/mol. The zero-order chi connectivity index (χ0) is 14.4. The van der Waals surface area contributed by atoms with E-state index in [0.717, 1.165) is 54.1 Å². The molecular formula is C16H17N2O2S+. The maximum absolute atomic E-state index is 12.2. The molecule has 1 saturated carbocycles. The Bertz CT molecular complexity index is 717. The molecule has 1 aromatic heterocycles. The summed E-state index contributed by atoms with van der Waals surface area (Å²) in [5.41, 5.74) is 9.11. The number of carbonyl (C=O) groups excluding carboxylic acids is 1. The summed E-state index contributed by atoms with van der Waals surface area (Å²) >= 11 is 1.57. The number of thiazole rings is 1. The van der Waals surface area contributed by atoms with E-state index in [-0.39, 0.29) is 11.9 Å². The Morgan fingerprint density at radius 1 is 1.33 bits per heavy atom. The van der Waals surface area contributed by atoms with Crippen LogP contribution in [0.5, 0.6) is 5.75 Å². The van der Waals surface area contributed by atoms with Crippen LogP contribution in [0.3, 0.4) is 0 Å². The van der Waals surface area contributed by atoms with Crippen LogP contribution in [-0.2, 0) is 11.2 Å². The smallest absolute Gasteiger partial charge is 0.330 e. The normalized spacial score (nSPS) is 16.8. The first-order valence-corrected chi connectivity index (χ1v) is 8.18. The molecule has 3 N–H and O–H groups in total. The second-order valence-corrected chi connectivity index (χ2v) is 6.89. The minimum Gasteiger partial charge on any atom is -0.426 e. The number of esters is 1. The molecule has 21 heavy (non-hydrogen) atoms. The van der Waals surface area contributed by atoms with Crippen LogP contribution < -0.4 is 15.5 Å². The van der Waals surface area contributed by atoms with Crippen LogP contribution in [0.1, 0.15) is 36.1 Å². The lowest BCUT2D eigenvalue weighted by molar-refractivity contribution is -0.340. The summed E-state index contributed by atoms with van der Waals surface area (Å²) in [4.78, 5) is 16.7. The second-order valence-electron chi connectivity index (χ2n) is 5.75. The van der Waals surface area contributed by atoms with E-state index < -0.39 is 0 Å². The van der Waals surface area contributed by atoms with Crippen molar-refractivity contribution in [2.24, 2.45) is 5.92 Å². The highest BCUT2D eigenvalue weighted by Crippen LogP contribution is 2.42. The van der Waals surface area contributed by atoms with E-state index >= 15 is 0 Å². The number of nitrogen functional groups attached to an aromatic ring is 1. The van der Waals surface area contributed by atoms with Crippen LogP contribution in [0.2, 0.25) is 0 Å². The molecule has 1 aromatic carbocycles. The minimum absolute atomic E-state index is 0.0698. The van der Waals surface area contributed by atoms with Crippen molar-refractivity contribution in [3.05, 3.63) is 28.6 Å². The van der Waals surface area contributed by atoms with E-state index in [9.17, 15) is 4.79 Å². The van der Waals surface area contributed by atoms with Gasteiger partial charge in [0.25, 0.3) is 0 Å². The first-order chi connectivity index (χ1) is 10.2. The van der Waals surface area contributed by atoms with Crippen molar-refractivity contribution < 1.29 is 14.5 Å². The number of hydrogen-bond donors (Lipinski definition) is 1. The molecule has 0 bridgehead atoms. The van der Waals surface area contributed by atoms with Crippen molar-refractivity contribution in [3.8, 4) is 17.0 Å². The van der Waals surface area contributed by atoms with Crippen molar-refractivity contribution in [2.45, 2.75) is 32.1 Å². The fourth-order valence-corrected chi connectivity index (χ4v) is 4.23. The fraction of sp³-hybridized carbons (Fsp3) is 0.375. The van der Waals surface area contributed by atoms with Gasteiger partial charge >= 0.3 is 11.1 Å². The summed E-state index contributed by atoms with van der Waals surface area (Å²) in [6, 6.07) is 5.88. The Hall–Kier alpha value is -1.88. The van der Waals surface area contributed by atoms with Crippen molar-refractivity contribution in [1.29, 1.82) is 0 Å².